The van der Waals surface area contributed by atoms with Crippen molar-refractivity contribution in [3.05, 3.63) is 35.1 Å². The van der Waals surface area contributed by atoms with Crippen molar-refractivity contribution in [2.75, 3.05) is 0 Å². The maximum Gasteiger partial charge on any atom is 0.254 e. The Kier molecular flexibility index (Phi) is 4.67. The monoisotopic (exact) mass is 237 g/mol. The van der Waals surface area contributed by atoms with Crippen LogP contribution in [0.4, 0.5) is 4.39 Å². The van der Waals surface area contributed by atoms with Gasteiger partial charge in [0.05, 0.1) is 5.56 Å². The molecule has 1 amide bonds. The maximum absolute atomic E-state index is 13.7. The molecule has 3 heteroatoms. The molecule has 17 heavy (non-hydrogen) atoms. The molecule has 0 saturated heterocycles. The van der Waals surface area contributed by atoms with E-state index in [1.807, 2.05) is 6.92 Å². The van der Waals surface area contributed by atoms with E-state index in [1.54, 1.807) is 19.1 Å². The predicted octanol–water partition coefficient (Wildman–Crippen LogP) is 3.30. The summed E-state index contributed by atoms with van der Waals surface area (Å²) in [5.41, 5.74) is 0.620. The van der Waals surface area contributed by atoms with Crippen LogP contribution < -0.4 is 5.32 Å². The summed E-state index contributed by atoms with van der Waals surface area (Å²) in [6.45, 7) is 7.78. The Morgan fingerprint density at radius 3 is 2.59 bits per heavy atom. The van der Waals surface area contributed by atoms with Crippen LogP contribution in [0.1, 0.15) is 43.1 Å². The van der Waals surface area contributed by atoms with E-state index < -0.39 is 5.82 Å². The van der Waals surface area contributed by atoms with Gasteiger partial charge in [-0.05, 0) is 37.8 Å². The van der Waals surface area contributed by atoms with Gasteiger partial charge in [-0.1, -0.05) is 26.0 Å². The molecule has 1 aromatic rings. The van der Waals surface area contributed by atoms with Crippen LogP contribution in [-0.4, -0.2) is 11.9 Å². The summed E-state index contributed by atoms with van der Waals surface area (Å²) in [5, 5.41) is 2.82. The van der Waals surface area contributed by atoms with Crippen molar-refractivity contribution in [1.29, 1.82) is 0 Å². The number of benzene rings is 1. The number of nitrogens with one attached hydrogen (secondary N) is 1. The van der Waals surface area contributed by atoms with Gasteiger partial charge in [-0.2, -0.15) is 0 Å². The molecule has 0 aliphatic carbocycles. The Labute approximate surface area is 102 Å². The zero-order valence-corrected chi connectivity index (χ0v) is 10.9. The number of hydrogen-bond donors (Lipinski definition) is 1. The summed E-state index contributed by atoms with van der Waals surface area (Å²) in [4.78, 5) is 11.9. The van der Waals surface area contributed by atoms with Gasteiger partial charge in [0.1, 0.15) is 5.82 Å². The van der Waals surface area contributed by atoms with Crippen molar-refractivity contribution in [2.24, 2.45) is 5.92 Å². The van der Waals surface area contributed by atoms with Crippen LogP contribution in [0, 0.1) is 18.7 Å². The van der Waals surface area contributed by atoms with E-state index in [4.69, 9.17) is 0 Å². The van der Waals surface area contributed by atoms with Gasteiger partial charge < -0.3 is 5.32 Å². The number of carbonyl (C=O) groups excluding carboxylic acids is 1. The van der Waals surface area contributed by atoms with E-state index in [0.29, 0.717) is 11.5 Å². The SMILES string of the molecule is Cc1cccc(C(=O)NC(C)CC(C)C)c1F. The lowest BCUT2D eigenvalue weighted by atomic mass is 10.0. The molecule has 0 heterocycles. The quantitative estimate of drug-likeness (QED) is 0.855. The standard InChI is InChI=1S/C14H20FNO/c1-9(2)8-11(4)16-14(17)12-7-5-6-10(3)13(12)15/h5-7,9,11H,8H2,1-4H3,(H,16,17). The Morgan fingerprint density at radius 2 is 2.00 bits per heavy atom. The van der Waals surface area contributed by atoms with Crippen molar-refractivity contribution in [1.82, 2.24) is 5.32 Å². The number of carbonyl (C=O) groups is 1. The summed E-state index contributed by atoms with van der Waals surface area (Å²) in [7, 11) is 0. The van der Waals surface area contributed by atoms with Gasteiger partial charge in [-0.3, -0.25) is 4.79 Å². The van der Waals surface area contributed by atoms with E-state index in [0.717, 1.165) is 6.42 Å². The Bertz CT molecular complexity index is 401. The largest absolute Gasteiger partial charge is 0.349 e. The second-order valence-corrected chi connectivity index (χ2v) is 4.94. The number of rotatable bonds is 4. The van der Waals surface area contributed by atoms with E-state index in [2.05, 4.69) is 19.2 Å². The fourth-order valence-electron chi connectivity index (χ4n) is 1.89. The van der Waals surface area contributed by atoms with Gasteiger partial charge in [-0.25, -0.2) is 4.39 Å². The Balaban J connectivity index is 2.73. The zero-order valence-electron chi connectivity index (χ0n) is 10.9. The Hall–Kier alpha value is -1.38. The molecule has 1 atom stereocenters. The molecule has 2 nitrogen and oxygen atoms in total. The molecule has 0 aliphatic heterocycles. The highest BCUT2D eigenvalue weighted by Gasteiger charge is 2.15. The first-order valence-corrected chi connectivity index (χ1v) is 5.97. The van der Waals surface area contributed by atoms with Crippen LogP contribution in [0.2, 0.25) is 0 Å². The number of halogens is 1. The summed E-state index contributed by atoms with van der Waals surface area (Å²) in [6, 6.07) is 4.92. The fraction of sp³-hybridized carbons (Fsp3) is 0.500. The molecule has 0 aromatic heterocycles. The van der Waals surface area contributed by atoms with Crippen molar-refractivity contribution in [3.63, 3.8) is 0 Å². The number of amides is 1. The van der Waals surface area contributed by atoms with Gasteiger partial charge in [-0.15, -0.1) is 0 Å². The topological polar surface area (TPSA) is 29.1 Å². The lowest BCUT2D eigenvalue weighted by Gasteiger charge is -2.16. The average molecular weight is 237 g/mol. The summed E-state index contributed by atoms with van der Waals surface area (Å²) >= 11 is 0. The van der Waals surface area contributed by atoms with Gasteiger partial charge in [0, 0.05) is 6.04 Å². The minimum absolute atomic E-state index is 0.0578. The van der Waals surface area contributed by atoms with E-state index in [1.165, 1.54) is 6.07 Å². The fourth-order valence-corrected chi connectivity index (χ4v) is 1.89. The first kappa shape index (κ1) is 13.7. The third kappa shape index (κ3) is 3.84. The molecule has 1 N–H and O–H groups in total. The molecule has 0 aliphatic rings. The van der Waals surface area contributed by atoms with Crippen LogP contribution in [-0.2, 0) is 0 Å². The molecule has 1 rings (SSSR count). The molecule has 94 valence electrons. The first-order chi connectivity index (χ1) is 7.91. The maximum atomic E-state index is 13.7. The Morgan fingerprint density at radius 1 is 1.35 bits per heavy atom. The van der Waals surface area contributed by atoms with E-state index in [9.17, 15) is 9.18 Å². The molecule has 0 radical (unpaired) electrons. The molecule has 0 spiro atoms. The van der Waals surface area contributed by atoms with Crippen molar-refractivity contribution < 1.29 is 9.18 Å². The van der Waals surface area contributed by atoms with Crippen LogP contribution in [0.5, 0.6) is 0 Å². The summed E-state index contributed by atoms with van der Waals surface area (Å²) < 4.78 is 13.7. The molecular formula is C14H20FNO. The zero-order chi connectivity index (χ0) is 13.0. The molecule has 0 fully saturated rings. The lowest BCUT2D eigenvalue weighted by Crippen LogP contribution is -2.34. The minimum atomic E-state index is -0.429. The second-order valence-electron chi connectivity index (χ2n) is 4.94. The normalized spacial score (nSPS) is 12.6. The van der Waals surface area contributed by atoms with Gasteiger partial charge in [0.25, 0.3) is 5.91 Å². The highest BCUT2D eigenvalue weighted by Crippen LogP contribution is 2.12. The third-order valence-electron chi connectivity index (χ3n) is 2.64. The number of aryl methyl sites for hydroxylation is 1. The second kappa shape index (κ2) is 5.80. The van der Waals surface area contributed by atoms with Crippen LogP contribution in [0.3, 0.4) is 0 Å². The molecule has 0 bridgehead atoms. The molecular weight excluding hydrogens is 217 g/mol. The van der Waals surface area contributed by atoms with Crippen LogP contribution in [0.15, 0.2) is 18.2 Å². The van der Waals surface area contributed by atoms with E-state index >= 15 is 0 Å². The van der Waals surface area contributed by atoms with E-state index in [-0.39, 0.29) is 17.5 Å². The van der Waals surface area contributed by atoms with Crippen LogP contribution >= 0.6 is 0 Å². The van der Waals surface area contributed by atoms with Crippen molar-refractivity contribution >= 4 is 5.91 Å². The number of hydrogen-bond acceptors (Lipinski definition) is 1. The molecule has 1 unspecified atom stereocenters. The molecule has 1 aromatic carbocycles. The molecule has 0 saturated carbocycles. The first-order valence-electron chi connectivity index (χ1n) is 5.97. The van der Waals surface area contributed by atoms with Crippen molar-refractivity contribution in [3.8, 4) is 0 Å². The van der Waals surface area contributed by atoms with Crippen LogP contribution in [0.25, 0.3) is 0 Å². The highest BCUT2D eigenvalue weighted by atomic mass is 19.1. The predicted molar refractivity (Wildman–Crippen MR) is 67.5 cm³/mol. The van der Waals surface area contributed by atoms with Crippen molar-refractivity contribution in [2.45, 2.75) is 40.2 Å². The van der Waals surface area contributed by atoms with Gasteiger partial charge >= 0.3 is 0 Å². The summed E-state index contributed by atoms with van der Waals surface area (Å²) in [5.74, 6) is -0.256. The van der Waals surface area contributed by atoms with Gasteiger partial charge in [0.15, 0.2) is 0 Å². The van der Waals surface area contributed by atoms with Gasteiger partial charge in [0.2, 0.25) is 0 Å². The highest BCUT2D eigenvalue weighted by molar-refractivity contribution is 5.94. The minimum Gasteiger partial charge on any atom is -0.349 e. The lowest BCUT2D eigenvalue weighted by molar-refractivity contribution is 0.0932. The average Bonchev–Trinajstić information content (AvgIpc) is 2.20. The smallest absolute Gasteiger partial charge is 0.254 e. The summed E-state index contributed by atoms with van der Waals surface area (Å²) in [6.07, 6.45) is 0.888. The third-order valence-corrected chi connectivity index (χ3v) is 2.64.